The molecule has 0 saturated carbocycles. The molecule has 0 aliphatic heterocycles. The van der Waals surface area contributed by atoms with Crippen LogP contribution in [0.3, 0.4) is 0 Å². The topological polar surface area (TPSA) is 58.6 Å². The van der Waals surface area contributed by atoms with Gasteiger partial charge in [-0.1, -0.05) is 6.08 Å². The van der Waals surface area contributed by atoms with Gasteiger partial charge in [0.1, 0.15) is 6.54 Å². The molecule has 0 rings (SSSR count). The Labute approximate surface area is 83.7 Å². The van der Waals surface area contributed by atoms with Gasteiger partial charge in [-0.2, -0.15) is 0 Å². The molecule has 0 heterocycles. The van der Waals surface area contributed by atoms with Crippen LogP contribution in [0.1, 0.15) is 6.92 Å². The first-order valence-corrected chi connectivity index (χ1v) is 4.38. The van der Waals surface area contributed by atoms with Crippen molar-refractivity contribution in [3.63, 3.8) is 0 Å². The van der Waals surface area contributed by atoms with Crippen LogP contribution >= 0.6 is 0 Å². The number of ether oxygens (including phenoxy) is 1. The zero-order valence-corrected chi connectivity index (χ0v) is 8.58. The average molecular weight is 200 g/mol. The summed E-state index contributed by atoms with van der Waals surface area (Å²) in [5, 5.41) is 2.43. The fourth-order valence-corrected chi connectivity index (χ4v) is 0.896. The smallest absolute Gasteiger partial charge is 0.325 e. The minimum Gasteiger partial charge on any atom is -0.465 e. The van der Waals surface area contributed by atoms with E-state index >= 15 is 0 Å². The first-order valence-electron chi connectivity index (χ1n) is 4.38. The maximum Gasteiger partial charge on any atom is 0.325 e. The van der Waals surface area contributed by atoms with Gasteiger partial charge in [0.05, 0.1) is 6.61 Å². The van der Waals surface area contributed by atoms with Gasteiger partial charge in [0.2, 0.25) is 0 Å². The number of carbonyl (C=O) groups excluding carboxylic acids is 2. The third-order valence-corrected chi connectivity index (χ3v) is 1.48. The van der Waals surface area contributed by atoms with E-state index in [4.69, 9.17) is 4.74 Å². The molecule has 0 aliphatic carbocycles. The lowest BCUT2D eigenvalue weighted by molar-refractivity contribution is -0.143. The normalized spacial score (nSPS) is 9.00. The largest absolute Gasteiger partial charge is 0.465 e. The quantitative estimate of drug-likeness (QED) is 0.515. The second kappa shape index (κ2) is 6.94. The number of hydrogen-bond acceptors (Lipinski definition) is 3. The van der Waals surface area contributed by atoms with Crippen LogP contribution in [-0.4, -0.2) is 43.6 Å². The van der Waals surface area contributed by atoms with Gasteiger partial charge < -0.3 is 15.0 Å². The number of urea groups is 1. The number of rotatable bonds is 5. The molecule has 0 aromatic carbocycles. The number of nitrogens with one attached hydrogen (secondary N) is 1. The third-order valence-electron chi connectivity index (χ3n) is 1.48. The van der Waals surface area contributed by atoms with E-state index in [0.29, 0.717) is 13.2 Å². The monoisotopic (exact) mass is 200 g/mol. The molecule has 2 amide bonds. The zero-order chi connectivity index (χ0) is 11.0. The molecule has 5 heteroatoms. The van der Waals surface area contributed by atoms with Crippen LogP contribution in [0.25, 0.3) is 0 Å². The molecule has 80 valence electrons. The van der Waals surface area contributed by atoms with Crippen LogP contribution in [0.5, 0.6) is 0 Å². The van der Waals surface area contributed by atoms with Gasteiger partial charge >= 0.3 is 12.0 Å². The number of esters is 1. The maximum absolute atomic E-state index is 11.2. The molecule has 1 N–H and O–H groups in total. The first kappa shape index (κ1) is 12.5. The molecule has 0 fully saturated rings. The lowest BCUT2D eigenvalue weighted by atomic mass is 10.5. The van der Waals surface area contributed by atoms with Crippen molar-refractivity contribution in [2.45, 2.75) is 6.92 Å². The minimum atomic E-state index is -0.419. The summed E-state index contributed by atoms with van der Waals surface area (Å²) >= 11 is 0. The van der Waals surface area contributed by atoms with Crippen LogP contribution in [-0.2, 0) is 9.53 Å². The van der Waals surface area contributed by atoms with E-state index in [1.807, 2.05) is 0 Å². The third kappa shape index (κ3) is 4.49. The number of nitrogens with zero attached hydrogens (tertiary/aromatic N) is 1. The number of carbonyl (C=O) groups is 2. The Balaban J connectivity index is 4.14. The summed E-state index contributed by atoms with van der Waals surface area (Å²) in [4.78, 5) is 23.6. The van der Waals surface area contributed by atoms with Gasteiger partial charge in [0.15, 0.2) is 0 Å². The molecule has 0 atom stereocenters. The van der Waals surface area contributed by atoms with Crippen LogP contribution in [0, 0.1) is 0 Å². The molecule has 0 radical (unpaired) electrons. The Hall–Kier alpha value is -1.52. The van der Waals surface area contributed by atoms with Crippen LogP contribution in [0.4, 0.5) is 4.79 Å². The van der Waals surface area contributed by atoms with Crippen molar-refractivity contribution in [2.24, 2.45) is 0 Å². The highest BCUT2D eigenvalue weighted by Gasteiger charge is 2.14. The summed E-state index contributed by atoms with van der Waals surface area (Å²) < 4.78 is 4.72. The van der Waals surface area contributed by atoms with E-state index in [0.717, 1.165) is 0 Å². The SMILES string of the molecule is C=CCN(CC(=O)OCC)C(=O)NC. The predicted molar refractivity (Wildman–Crippen MR) is 52.9 cm³/mol. The van der Waals surface area contributed by atoms with E-state index in [9.17, 15) is 9.59 Å². The maximum atomic E-state index is 11.2. The van der Waals surface area contributed by atoms with E-state index < -0.39 is 5.97 Å². The number of amides is 2. The van der Waals surface area contributed by atoms with Gasteiger partial charge in [0.25, 0.3) is 0 Å². The van der Waals surface area contributed by atoms with Gasteiger partial charge in [0, 0.05) is 13.6 Å². The Morgan fingerprint density at radius 3 is 2.64 bits per heavy atom. The highest BCUT2D eigenvalue weighted by Crippen LogP contribution is 1.91. The van der Waals surface area contributed by atoms with Crippen LogP contribution < -0.4 is 5.32 Å². The van der Waals surface area contributed by atoms with Gasteiger partial charge in [-0.15, -0.1) is 6.58 Å². The average Bonchev–Trinajstić information content (AvgIpc) is 2.16. The van der Waals surface area contributed by atoms with Crippen LogP contribution in [0.15, 0.2) is 12.7 Å². The van der Waals surface area contributed by atoms with Crippen molar-refractivity contribution in [3.05, 3.63) is 12.7 Å². The lowest BCUT2D eigenvalue weighted by Crippen LogP contribution is -2.41. The molecule has 0 aromatic rings. The van der Waals surface area contributed by atoms with Gasteiger partial charge in [-0.05, 0) is 6.92 Å². The molecule has 0 spiro atoms. The van der Waals surface area contributed by atoms with E-state index in [-0.39, 0.29) is 12.6 Å². The highest BCUT2D eigenvalue weighted by atomic mass is 16.5. The predicted octanol–water partition coefficient (Wildman–Crippen LogP) is 0.377. The molecule has 5 nitrogen and oxygen atoms in total. The Morgan fingerprint density at radius 2 is 2.21 bits per heavy atom. The Morgan fingerprint density at radius 1 is 1.57 bits per heavy atom. The fraction of sp³-hybridized carbons (Fsp3) is 0.556. The van der Waals surface area contributed by atoms with E-state index in [1.54, 1.807) is 13.0 Å². The van der Waals surface area contributed by atoms with Crippen LogP contribution in [0.2, 0.25) is 0 Å². The molecule has 0 bridgehead atoms. The summed E-state index contributed by atoms with van der Waals surface area (Å²) in [6.07, 6.45) is 1.55. The summed E-state index contributed by atoms with van der Waals surface area (Å²) in [6.45, 7) is 5.79. The van der Waals surface area contributed by atoms with E-state index in [2.05, 4.69) is 11.9 Å². The Kier molecular flexibility index (Phi) is 6.19. The molecule has 0 saturated heterocycles. The van der Waals surface area contributed by atoms with Crippen molar-refractivity contribution < 1.29 is 14.3 Å². The molecular weight excluding hydrogens is 184 g/mol. The lowest BCUT2D eigenvalue weighted by Gasteiger charge is -2.18. The first-order chi connectivity index (χ1) is 6.65. The summed E-state index contributed by atoms with van der Waals surface area (Å²) in [7, 11) is 1.50. The van der Waals surface area contributed by atoms with Crippen molar-refractivity contribution in [1.29, 1.82) is 0 Å². The highest BCUT2D eigenvalue weighted by molar-refractivity contribution is 5.80. The second-order valence-corrected chi connectivity index (χ2v) is 2.53. The van der Waals surface area contributed by atoms with Gasteiger partial charge in [-0.3, -0.25) is 4.79 Å². The standard InChI is InChI=1S/C9H16N2O3/c1-4-6-11(9(13)10-3)7-8(12)14-5-2/h4H,1,5-7H2,2-3H3,(H,10,13). The molecule has 0 unspecified atom stereocenters. The van der Waals surface area contributed by atoms with Crippen molar-refractivity contribution in [2.75, 3.05) is 26.7 Å². The number of hydrogen-bond donors (Lipinski definition) is 1. The van der Waals surface area contributed by atoms with Crippen molar-refractivity contribution >= 4 is 12.0 Å². The summed E-state index contributed by atoms with van der Waals surface area (Å²) in [6, 6.07) is -0.321. The Bertz CT molecular complexity index is 216. The molecule has 0 aromatic heterocycles. The molecular formula is C9H16N2O3. The van der Waals surface area contributed by atoms with Crippen molar-refractivity contribution in [1.82, 2.24) is 10.2 Å². The second-order valence-electron chi connectivity index (χ2n) is 2.53. The molecule has 14 heavy (non-hydrogen) atoms. The van der Waals surface area contributed by atoms with Gasteiger partial charge in [-0.25, -0.2) is 4.79 Å². The van der Waals surface area contributed by atoms with Crippen molar-refractivity contribution in [3.8, 4) is 0 Å². The molecule has 0 aliphatic rings. The summed E-state index contributed by atoms with van der Waals surface area (Å²) in [5.74, 6) is -0.419. The van der Waals surface area contributed by atoms with E-state index in [1.165, 1.54) is 11.9 Å². The minimum absolute atomic E-state index is 0.0560. The zero-order valence-electron chi connectivity index (χ0n) is 8.58. The summed E-state index contributed by atoms with van der Waals surface area (Å²) in [5.41, 5.74) is 0. The fourth-order valence-electron chi connectivity index (χ4n) is 0.896.